The minimum absolute atomic E-state index is 0.141. The smallest absolute Gasteiger partial charge is 0.137 e. The maximum Gasteiger partial charge on any atom is 0.137 e. The second-order valence-electron chi connectivity index (χ2n) is 3.08. The van der Waals surface area contributed by atoms with Crippen LogP contribution >= 0.6 is 11.8 Å². The van der Waals surface area contributed by atoms with Crippen LogP contribution in [0.25, 0.3) is 0 Å². The molecule has 0 heterocycles. The molecule has 0 radical (unpaired) electrons. The van der Waals surface area contributed by atoms with Crippen molar-refractivity contribution in [3.8, 4) is 0 Å². The number of thioether (sulfide) groups is 1. The first-order valence-electron chi connectivity index (χ1n) is 4.07. The second-order valence-corrected chi connectivity index (χ2v) is 4.16. The van der Waals surface area contributed by atoms with E-state index in [1.807, 2.05) is 30.5 Å². The Morgan fingerprint density at radius 3 is 2.83 bits per heavy atom. The molecule has 12 heavy (non-hydrogen) atoms. The predicted molar refractivity (Wildman–Crippen MR) is 51.3 cm³/mol. The highest BCUT2D eigenvalue weighted by Gasteiger charge is 2.31. The first-order valence-corrected chi connectivity index (χ1v) is 5.36. The van der Waals surface area contributed by atoms with Gasteiger partial charge in [0.25, 0.3) is 0 Å². The maximum atomic E-state index is 13.6. The summed E-state index contributed by atoms with van der Waals surface area (Å²) in [6.45, 7) is 0. The maximum absolute atomic E-state index is 13.6. The molecule has 0 aliphatic heterocycles. The molecule has 0 N–H and O–H groups in total. The zero-order valence-corrected chi connectivity index (χ0v) is 7.77. The summed E-state index contributed by atoms with van der Waals surface area (Å²) in [4.78, 5) is 0. The van der Waals surface area contributed by atoms with Gasteiger partial charge < -0.3 is 0 Å². The summed E-state index contributed by atoms with van der Waals surface area (Å²) in [6, 6.07) is 7.82. The van der Waals surface area contributed by atoms with Crippen molar-refractivity contribution >= 4 is 11.8 Å². The van der Waals surface area contributed by atoms with Gasteiger partial charge in [-0.1, -0.05) is 24.3 Å². The molecule has 1 aromatic rings. The van der Waals surface area contributed by atoms with Crippen molar-refractivity contribution in [1.82, 2.24) is 0 Å². The number of rotatable bonds is 1. The van der Waals surface area contributed by atoms with E-state index in [4.69, 9.17) is 0 Å². The van der Waals surface area contributed by atoms with Crippen LogP contribution < -0.4 is 0 Å². The van der Waals surface area contributed by atoms with E-state index in [0.717, 1.165) is 12.0 Å². The van der Waals surface area contributed by atoms with Gasteiger partial charge in [0.15, 0.2) is 0 Å². The van der Waals surface area contributed by atoms with Crippen LogP contribution in [0.5, 0.6) is 0 Å². The van der Waals surface area contributed by atoms with Crippen LogP contribution in [0.2, 0.25) is 0 Å². The number of halogens is 1. The van der Waals surface area contributed by atoms with Gasteiger partial charge in [-0.3, -0.25) is 0 Å². The van der Waals surface area contributed by atoms with Gasteiger partial charge in [-0.05, 0) is 23.8 Å². The summed E-state index contributed by atoms with van der Waals surface area (Å²) in [5, 5.41) is 0.141. The average molecular weight is 182 g/mol. The highest BCUT2D eigenvalue weighted by Crippen LogP contribution is 2.39. The standard InChI is InChI=1S/C10H11FS/c1-12-9-6-7-4-2-3-5-8(7)10(9)11/h2-5,9-10H,6H2,1H3/t9-,10-/m1/s1. The van der Waals surface area contributed by atoms with Crippen molar-refractivity contribution in [3.05, 3.63) is 35.4 Å². The Kier molecular flexibility index (Phi) is 2.09. The Hall–Kier alpha value is -0.500. The molecular formula is C10H11FS. The highest BCUT2D eigenvalue weighted by molar-refractivity contribution is 7.99. The van der Waals surface area contributed by atoms with Crippen LogP contribution in [-0.4, -0.2) is 11.5 Å². The summed E-state index contributed by atoms with van der Waals surface area (Å²) in [7, 11) is 0. The van der Waals surface area contributed by atoms with E-state index in [9.17, 15) is 4.39 Å². The molecule has 0 aromatic heterocycles. The lowest BCUT2D eigenvalue weighted by atomic mass is 10.1. The largest absolute Gasteiger partial charge is 0.241 e. The van der Waals surface area contributed by atoms with Crippen molar-refractivity contribution in [3.63, 3.8) is 0 Å². The Morgan fingerprint density at radius 1 is 1.42 bits per heavy atom. The minimum Gasteiger partial charge on any atom is -0.241 e. The summed E-state index contributed by atoms with van der Waals surface area (Å²) in [5.74, 6) is 0. The molecule has 0 nitrogen and oxygen atoms in total. The van der Waals surface area contributed by atoms with Crippen molar-refractivity contribution in [1.29, 1.82) is 0 Å². The van der Waals surface area contributed by atoms with Crippen molar-refractivity contribution in [2.75, 3.05) is 6.26 Å². The van der Waals surface area contributed by atoms with Crippen LogP contribution in [0.1, 0.15) is 17.3 Å². The predicted octanol–water partition coefficient (Wildman–Crippen LogP) is 2.98. The van der Waals surface area contributed by atoms with Gasteiger partial charge >= 0.3 is 0 Å². The number of alkyl halides is 1. The molecule has 0 spiro atoms. The lowest BCUT2D eigenvalue weighted by Crippen LogP contribution is -2.03. The van der Waals surface area contributed by atoms with E-state index in [1.54, 1.807) is 11.8 Å². The van der Waals surface area contributed by atoms with Gasteiger partial charge in [0.1, 0.15) is 6.17 Å². The molecule has 0 fully saturated rings. The lowest BCUT2D eigenvalue weighted by molar-refractivity contribution is 0.352. The van der Waals surface area contributed by atoms with Crippen LogP contribution in [0, 0.1) is 0 Å². The van der Waals surface area contributed by atoms with Gasteiger partial charge in [-0.2, -0.15) is 11.8 Å². The Balaban J connectivity index is 2.35. The van der Waals surface area contributed by atoms with E-state index in [0.29, 0.717) is 0 Å². The first-order chi connectivity index (χ1) is 5.83. The van der Waals surface area contributed by atoms with Crippen molar-refractivity contribution < 1.29 is 4.39 Å². The van der Waals surface area contributed by atoms with Gasteiger partial charge in [-0.25, -0.2) is 4.39 Å². The summed E-state index contributed by atoms with van der Waals surface area (Å²) < 4.78 is 13.6. The van der Waals surface area contributed by atoms with Gasteiger partial charge in [-0.15, -0.1) is 0 Å². The second kappa shape index (κ2) is 3.09. The molecule has 0 unspecified atom stereocenters. The van der Waals surface area contributed by atoms with Crippen LogP contribution in [0.4, 0.5) is 4.39 Å². The average Bonchev–Trinajstić information content (AvgIpc) is 2.44. The molecular weight excluding hydrogens is 171 g/mol. The van der Waals surface area contributed by atoms with E-state index in [1.165, 1.54) is 5.56 Å². The first kappa shape index (κ1) is 8.11. The fraction of sp³-hybridized carbons (Fsp3) is 0.400. The minimum atomic E-state index is -0.754. The number of hydrogen-bond donors (Lipinski definition) is 0. The van der Waals surface area contributed by atoms with Gasteiger partial charge in [0.05, 0.1) is 0 Å². The fourth-order valence-electron chi connectivity index (χ4n) is 1.71. The molecule has 64 valence electrons. The van der Waals surface area contributed by atoms with Crippen LogP contribution in [0.3, 0.4) is 0 Å². The summed E-state index contributed by atoms with van der Waals surface area (Å²) in [5.41, 5.74) is 2.08. The molecule has 0 saturated heterocycles. The number of hydrogen-bond acceptors (Lipinski definition) is 1. The van der Waals surface area contributed by atoms with Crippen molar-refractivity contribution in [2.45, 2.75) is 17.8 Å². The number of fused-ring (bicyclic) bond motifs is 1. The lowest BCUT2D eigenvalue weighted by Gasteiger charge is -2.08. The topological polar surface area (TPSA) is 0 Å². The van der Waals surface area contributed by atoms with Gasteiger partial charge in [0, 0.05) is 5.25 Å². The molecule has 1 aromatic carbocycles. The molecule has 2 heteroatoms. The zero-order chi connectivity index (χ0) is 8.55. The third kappa shape index (κ3) is 1.14. The van der Waals surface area contributed by atoms with Crippen LogP contribution in [0.15, 0.2) is 24.3 Å². The SMILES string of the molecule is CS[C@@H]1Cc2ccccc2[C@H]1F. The molecule has 0 amide bonds. The summed E-state index contributed by atoms with van der Waals surface area (Å²) >= 11 is 1.62. The van der Waals surface area contributed by atoms with Gasteiger partial charge in [0.2, 0.25) is 0 Å². The highest BCUT2D eigenvalue weighted by atomic mass is 32.2. The molecule has 2 atom stereocenters. The molecule has 0 bridgehead atoms. The molecule has 0 saturated carbocycles. The molecule has 1 aliphatic carbocycles. The zero-order valence-electron chi connectivity index (χ0n) is 6.96. The van der Waals surface area contributed by atoms with E-state index < -0.39 is 6.17 Å². The third-order valence-electron chi connectivity index (χ3n) is 2.40. The number of benzene rings is 1. The quantitative estimate of drug-likeness (QED) is 0.643. The molecule has 2 rings (SSSR count). The van der Waals surface area contributed by atoms with Crippen molar-refractivity contribution in [2.24, 2.45) is 0 Å². The monoisotopic (exact) mass is 182 g/mol. The molecule has 1 aliphatic rings. The Labute approximate surface area is 76.2 Å². The van der Waals surface area contributed by atoms with E-state index >= 15 is 0 Å². The van der Waals surface area contributed by atoms with E-state index in [2.05, 4.69) is 0 Å². The summed E-state index contributed by atoms with van der Waals surface area (Å²) in [6.07, 6.45) is 2.11. The Bertz CT molecular complexity index is 285. The Morgan fingerprint density at radius 2 is 2.17 bits per heavy atom. The third-order valence-corrected chi connectivity index (χ3v) is 3.41. The van der Waals surface area contributed by atoms with Crippen LogP contribution in [-0.2, 0) is 6.42 Å². The normalized spacial score (nSPS) is 27.2. The fourth-order valence-corrected chi connectivity index (χ4v) is 2.44. The van der Waals surface area contributed by atoms with E-state index in [-0.39, 0.29) is 5.25 Å².